The van der Waals surface area contributed by atoms with E-state index in [0.29, 0.717) is 22.9 Å². The maximum atomic E-state index is 13.8. The van der Waals surface area contributed by atoms with Crippen molar-refractivity contribution < 1.29 is 9.18 Å². The highest BCUT2D eigenvalue weighted by molar-refractivity contribution is 7.11. The van der Waals surface area contributed by atoms with E-state index >= 15 is 0 Å². The van der Waals surface area contributed by atoms with Crippen molar-refractivity contribution in [2.24, 2.45) is 0 Å². The number of carbonyl (C=O) groups is 1. The fourth-order valence-electron chi connectivity index (χ4n) is 2.30. The van der Waals surface area contributed by atoms with Crippen LogP contribution in [0, 0.1) is 12.7 Å². The fraction of sp³-hybridized carbons (Fsp3) is 0.118. The summed E-state index contributed by atoms with van der Waals surface area (Å²) in [7, 11) is 0. The number of hydrogen-bond donors (Lipinski definition) is 1. The molecule has 0 unspecified atom stereocenters. The van der Waals surface area contributed by atoms with Crippen LogP contribution in [0.15, 0.2) is 48.5 Å². The molecule has 106 valence electrons. The quantitative estimate of drug-likeness (QED) is 0.768. The van der Waals surface area contributed by atoms with Gasteiger partial charge in [-0.2, -0.15) is 0 Å². The summed E-state index contributed by atoms with van der Waals surface area (Å²) in [4.78, 5) is 14.6. The second-order valence-corrected chi connectivity index (χ2v) is 6.21. The van der Waals surface area contributed by atoms with Gasteiger partial charge in [0.1, 0.15) is 5.82 Å². The van der Waals surface area contributed by atoms with Crippen molar-refractivity contribution in [3.05, 3.63) is 69.7 Å². The summed E-state index contributed by atoms with van der Waals surface area (Å²) in [6.45, 7) is 2.52. The molecule has 1 amide bonds. The number of benzene rings is 2. The maximum Gasteiger partial charge on any atom is 0.252 e. The molecular formula is C17H14FNOS. The van der Waals surface area contributed by atoms with Gasteiger partial charge in [-0.25, -0.2) is 4.39 Å². The van der Waals surface area contributed by atoms with Crippen molar-refractivity contribution in [2.75, 3.05) is 0 Å². The molecule has 1 heterocycles. The van der Waals surface area contributed by atoms with E-state index in [9.17, 15) is 9.18 Å². The topological polar surface area (TPSA) is 29.1 Å². The normalized spacial score (nSPS) is 10.8. The SMILES string of the molecule is Cc1ccc(CNC(=O)c2ccc(F)c3ccccc23)s1. The third-order valence-corrected chi connectivity index (χ3v) is 4.34. The molecule has 3 rings (SSSR count). The molecule has 0 saturated heterocycles. The Kier molecular flexibility index (Phi) is 3.71. The van der Waals surface area contributed by atoms with Gasteiger partial charge in [0.15, 0.2) is 0 Å². The largest absolute Gasteiger partial charge is 0.347 e. The molecule has 0 spiro atoms. The van der Waals surface area contributed by atoms with Gasteiger partial charge in [-0.3, -0.25) is 4.79 Å². The molecule has 0 fully saturated rings. The minimum absolute atomic E-state index is 0.183. The minimum Gasteiger partial charge on any atom is -0.347 e. The first kappa shape index (κ1) is 13.8. The summed E-state index contributed by atoms with van der Waals surface area (Å²) in [6.07, 6.45) is 0. The molecule has 0 aliphatic carbocycles. The van der Waals surface area contributed by atoms with Crippen LogP contribution in [0.2, 0.25) is 0 Å². The molecule has 1 aromatic heterocycles. The lowest BCUT2D eigenvalue weighted by Crippen LogP contribution is -2.22. The molecular weight excluding hydrogens is 285 g/mol. The number of halogens is 1. The maximum absolute atomic E-state index is 13.8. The number of carbonyl (C=O) groups excluding carboxylic acids is 1. The summed E-state index contributed by atoms with van der Waals surface area (Å²) in [6, 6.07) is 13.9. The number of aryl methyl sites for hydroxylation is 1. The molecule has 2 aromatic carbocycles. The van der Waals surface area contributed by atoms with Crippen LogP contribution in [-0.4, -0.2) is 5.91 Å². The van der Waals surface area contributed by atoms with Crippen LogP contribution in [0.25, 0.3) is 10.8 Å². The average molecular weight is 299 g/mol. The van der Waals surface area contributed by atoms with Crippen LogP contribution in [0.5, 0.6) is 0 Å². The number of hydrogen-bond acceptors (Lipinski definition) is 2. The monoisotopic (exact) mass is 299 g/mol. The van der Waals surface area contributed by atoms with Crippen LogP contribution in [-0.2, 0) is 6.54 Å². The Bertz CT molecular complexity index is 809. The van der Waals surface area contributed by atoms with Crippen LogP contribution < -0.4 is 5.32 Å². The Morgan fingerprint density at radius 2 is 1.86 bits per heavy atom. The van der Waals surface area contributed by atoms with Gasteiger partial charge >= 0.3 is 0 Å². The van der Waals surface area contributed by atoms with Gasteiger partial charge < -0.3 is 5.32 Å². The third-order valence-electron chi connectivity index (χ3n) is 3.33. The van der Waals surface area contributed by atoms with Crippen molar-refractivity contribution in [1.82, 2.24) is 5.32 Å². The summed E-state index contributed by atoms with van der Waals surface area (Å²) in [5.74, 6) is -0.492. The number of thiophene rings is 1. The van der Waals surface area contributed by atoms with E-state index in [-0.39, 0.29) is 11.7 Å². The van der Waals surface area contributed by atoms with Crippen molar-refractivity contribution >= 4 is 28.0 Å². The van der Waals surface area contributed by atoms with E-state index in [1.54, 1.807) is 35.6 Å². The van der Waals surface area contributed by atoms with Crippen molar-refractivity contribution in [3.8, 4) is 0 Å². The zero-order chi connectivity index (χ0) is 14.8. The Labute approximate surface area is 126 Å². The first-order valence-electron chi connectivity index (χ1n) is 6.66. The Morgan fingerprint density at radius 3 is 2.57 bits per heavy atom. The van der Waals surface area contributed by atoms with Crippen LogP contribution in [0.4, 0.5) is 4.39 Å². The second-order valence-electron chi connectivity index (χ2n) is 4.84. The zero-order valence-corrected chi connectivity index (χ0v) is 12.3. The Balaban J connectivity index is 1.86. The first-order chi connectivity index (χ1) is 10.1. The van der Waals surface area contributed by atoms with E-state index in [2.05, 4.69) is 5.32 Å². The molecule has 0 aliphatic rings. The Hall–Kier alpha value is -2.20. The molecule has 0 radical (unpaired) electrons. The van der Waals surface area contributed by atoms with E-state index in [4.69, 9.17) is 0 Å². The smallest absolute Gasteiger partial charge is 0.252 e. The summed E-state index contributed by atoms with van der Waals surface area (Å²) < 4.78 is 13.8. The molecule has 3 aromatic rings. The highest BCUT2D eigenvalue weighted by Gasteiger charge is 2.12. The van der Waals surface area contributed by atoms with Gasteiger partial charge in [0.25, 0.3) is 5.91 Å². The molecule has 1 N–H and O–H groups in total. The van der Waals surface area contributed by atoms with Crippen molar-refractivity contribution in [2.45, 2.75) is 13.5 Å². The predicted molar refractivity (Wildman–Crippen MR) is 84.1 cm³/mol. The highest BCUT2D eigenvalue weighted by atomic mass is 32.1. The van der Waals surface area contributed by atoms with Crippen LogP contribution >= 0.6 is 11.3 Å². The number of nitrogens with one attached hydrogen (secondary N) is 1. The predicted octanol–water partition coefficient (Wildman–Crippen LogP) is 4.28. The van der Waals surface area contributed by atoms with Gasteiger partial charge in [-0.15, -0.1) is 11.3 Å². The van der Waals surface area contributed by atoms with E-state index in [1.807, 2.05) is 19.1 Å². The Morgan fingerprint density at radius 1 is 1.10 bits per heavy atom. The molecule has 21 heavy (non-hydrogen) atoms. The second kappa shape index (κ2) is 5.66. The standard InChI is InChI=1S/C17H14FNOS/c1-11-6-7-12(21-11)10-19-17(20)15-8-9-16(18)14-5-3-2-4-13(14)15/h2-9H,10H2,1H3,(H,19,20). The van der Waals surface area contributed by atoms with Crippen LogP contribution in [0.1, 0.15) is 20.1 Å². The van der Waals surface area contributed by atoms with E-state index in [0.717, 1.165) is 4.88 Å². The molecule has 0 bridgehead atoms. The zero-order valence-electron chi connectivity index (χ0n) is 11.5. The molecule has 0 aliphatic heterocycles. The lowest BCUT2D eigenvalue weighted by atomic mass is 10.0. The lowest BCUT2D eigenvalue weighted by molar-refractivity contribution is 0.0953. The van der Waals surface area contributed by atoms with E-state index in [1.165, 1.54) is 17.0 Å². The third kappa shape index (κ3) is 2.81. The first-order valence-corrected chi connectivity index (χ1v) is 7.47. The van der Waals surface area contributed by atoms with E-state index < -0.39 is 0 Å². The average Bonchev–Trinajstić information content (AvgIpc) is 2.91. The van der Waals surface area contributed by atoms with Gasteiger partial charge in [0, 0.05) is 20.7 Å². The summed E-state index contributed by atoms with van der Waals surface area (Å²) >= 11 is 1.66. The van der Waals surface area contributed by atoms with Crippen molar-refractivity contribution in [1.29, 1.82) is 0 Å². The van der Waals surface area contributed by atoms with Crippen LogP contribution in [0.3, 0.4) is 0 Å². The van der Waals surface area contributed by atoms with Gasteiger partial charge in [0.05, 0.1) is 6.54 Å². The molecule has 2 nitrogen and oxygen atoms in total. The number of rotatable bonds is 3. The lowest BCUT2D eigenvalue weighted by Gasteiger charge is -2.08. The molecule has 0 saturated carbocycles. The van der Waals surface area contributed by atoms with Crippen molar-refractivity contribution in [3.63, 3.8) is 0 Å². The number of amides is 1. The highest BCUT2D eigenvalue weighted by Crippen LogP contribution is 2.22. The summed E-state index contributed by atoms with van der Waals surface area (Å²) in [5, 5.41) is 4.00. The number of fused-ring (bicyclic) bond motifs is 1. The van der Waals surface area contributed by atoms with Gasteiger partial charge in [-0.1, -0.05) is 24.3 Å². The van der Waals surface area contributed by atoms with Gasteiger partial charge in [0.2, 0.25) is 0 Å². The fourth-order valence-corrected chi connectivity index (χ4v) is 3.13. The molecule has 4 heteroatoms. The molecule has 0 atom stereocenters. The summed E-state index contributed by atoms with van der Waals surface area (Å²) in [5.41, 5.74) is 0.500. The minimum atomic E-state index is -0.309. The van der Waals surface area contributed by atoms with Gasteiger partial charge in [-0.05, 0) is 36.6 Å².